The molecule has 4 nitrogen and oxygen atoms in total. The fourth-order valence-electron chi connectivity index (χ4n) is 2.09. The van der Waals surface area contributed by atoms with E-state index in [9.17, 15) is 9.59 Å². The Morgan fingerprint density at radius 1 is 1.32 bits per heavy atom. The smallest absolute Gasteiger partial charge is 0.263 e. The number of carbonyl (C=O) groups is 2. The van der Waals surface area contributed by atoms with E-state index in [0.29, 0.717) is 17.9 Å². The predicted molar refractivity (Wildman–Crippen MR) is 87.3 cm³/mol. The van der Waals surface area contributed by atoms with Gasteiger partial charge in [0.15, 0.2) is 11.9 Å². The first kappa shape index (κ1) is 16.2. The first-order chi connectivity index (χ1) is 10.5. The normalized spacial score (nSPS) is 11.8. The second kappa shape index (κ2) is 7.22. The van der Waals surface area contributed by atoms with Crippen molar-refractivity contribution >= 4 is 23.0 Å². The Labute approximate surface area is 134 Å². The molecule has 0 bridgehead atoms. The molecule has 0 unspecified atom stereocenters. The van der Waals surface area contributed by atoms with Gasteiger partial charge in [0.05, 0.1) is 0 Å². The Kier molecular flexibility index (Phi) is 5.33. The highest BCUT2D eigenvalue weighted by molar-refractivity contribution is 7.07. The summed E-state index contributed by atoms with van der Waals surface area (Å²) < 4.78 is 5.67. The summed E-state index contributed by atoms with van der Waals surface area (Å²) in [6, 6.07) is 8.87. The average Bonchev–Trinajstić information content (AvgIpc) is 2.99. The summed E-state index contributed by atoms with van der Waals surface area (Å²) >= 11 is 1.61. The van der Waals surface area contributed by atoms with E-state index in [-0.39, 0.29) is 11.7 Å². The highest BCUT2D eigenvalue weighted by Crippen LogP contribution is 2.17. The SMILES string of the molecule is CC(=O)c1cccc(O[C@@H](C)C(=O)N(C)Cc2ccsc2)c1. The number of thiophene rings is 1. The molecule has 0 saturated heterocycles. The van der Waals surface area contributed by atoms with E-state index in [0.717, 1.165) is 5.56 Å². The van der Waals surface area contributed by atoms with E-state index in [4.69, 9.17) is 4.74 Å². The minimum atomic E-state index is -0.606. The standard InChI is InChI=1S/C17H19NO3S/c1-12(19)15-5-4-6-16(9-15)21-13(2)17(20)18(3)10-14-7-8-22-11-14/h4-9,11,13H,10H2,1-3H3/t13-/m0/s1. The second-order valence-corrected chi connectivity index (χ2v) is 5.95. The summed E-state index contributed by atoms with van der Waals surface area (Å²) in [6.45, 7) is 3.78. The quantitative estimate of drug-likeness (QED) is 0.767. The van der Waals surface area contributed by atoms with Crippen LogP contribution < -0.4 is 4.74 Å². The zero-order chi connectivity index (χ0) is 16.1. The van der Waals surface area contributed by atoms with Crippen LogP contribution in [0, 0.1) is 0 Å². The van der Waals surface area contributed by atoms with Gasteiger partial charge < -0.3 is 9.64 Å². The number of benzene rings is 1. The summed E-state index contributed by atoms with van der Waals surface area (Å²) in [5.41, 5.74) is 1.68. The summed E-state index contributed by atoms with van der Waals surface area (Å²) in [5, 5.41) is 4.01. The lowest BCUT2D eigenvalue weighted by Crippen LogP contribution is -2.37. The third-order valence-electron chi connectivity index (χ3n) is 3.28. The van der Waals surface area contributed by atoms with E-state index < -0.39 is 6.10 Å². The fraction of sp³-hybridized carbons (Fsp3) is 0.294. The Morgan fingerprint density at radius 2 is 2.09 bits per heavy atom. The molecule has 1 amide bonds. The maximum atomic E-state index is 12.3. The summed E-state index contributed by atoms with van der Waals surface area (Å²) in [6.07, 6.45) is -0.606. The molecule has 2 rings (SSSR count). The molecule has 0 fully saturated rings. The van der Waals surface area contributed by atoms with Gasteiger partial charge in [-0.3, -0.25) is 9.59 Å². The summed E-state index contributed by atoms with van der Waals surface area (Å²) in [5.74, 6) is 0.399. The highest BCUT2D eigenvalue weighted by Gasteiger charge is 2.19. The van der Waals surface area contributed by atoms with Crippen molar-refractivity contribution in [2.24, 2.45) is 0 Å². The molecule has 1 aromatic carbocycles. The van der Waals surface area contributed by atoms with Gasteiger partial charge >= 0.3 is 0 Å². The first-order valence-electron chi connectivity index (χ1n) is 7.01. The number of amides is 1. The van der Waals surface area contributed by atoms with Crippen LogP contribution >= 0.6 is 11.3 Å². The van der Waals surface area contributed by atoms with E-state index in [1.807, 2.05) is 16.8 Å². The molecule has 116 valence electrons. The van der Waals surface area contributed by atoms with Crippen molar-refractivity contribution in [3.05, 3.63) is 52.2 Å². The third kappa shape index (κ3) is 4.18. The van der Waals surface area contributed by atoms with Gasteiger partial charge in [-0.2, -0.15) is 11.3 Å². The molecule has 0 N–H and O–H groups in total. The molecule has 0 spiro atoms. The minimum absolute atomic E-state index is 0.0287. The molecule has 0 saturated carbocycles. The zero-order valence-corrected chi connectivity index (χ0v) is 13.7. The molecule has 1 heterocycles. The maximum Gasteiger partial charge on any atom is 0.263 e. The number of likely N-dealkylation sites (N-methyl/N-ethyl adjacent to an activating group) is 1. The molecular weight excluding hydrogens is 298 g/mol. The van der Waals surface area contributed by atoms with Crippen LogP contribution in [-0.4, -0.2) is 29.7 Å². The number of nitrogens with zero attached hydrogens (tertiary/aromatic N) is 1. The molecule has 22 heavy (non-hydrogen) atoms. The van der Waals surface area contributed by atoms with Gasteiger partial charge in [0.2, 0.25) is 0 Å². The molecule has 0 aliphatic rings. The van der Waals surface area contributed by atoms with Gasteiger partial charge in [-0.15, -0.1) is 0 Å². The van der Waals surface area contributed by atoms with Gasteiger partial charge in [0.1, 0.15) is 5.75 Å². The minimum Gasteiger partial charge on any atom is -0.481 e. The topological polar surface area (TPSA) is 46.6 Å². The van der Waals surface area contributed by atoms with Crippen LogP contribution in [0.5, 0.6) is 5.75 Å². The van der Waals surface area contributed by atoms with Crippen molar-refractivity contribution in [1.29, 1.82) is 0 Å². The summed E-state index contributed by atoms with van der Waals surface area (Å²) in [4.78, 5) is 25.3. The number of ketones is 1. The maximum absolute atomic E-state index is 12.3. The van der Waals surface area contributed by atoms with Crippen LogP contribution in [0.4, 0.5) is 0 Å². The molecule has 1 aromatic heterocycles. The van der Waals surface area contributed by atoms with Crippen molar-refractivity contribution in [2.45, 2.75) is 26.5 Å². The Morgan fingerprint density at radius 3 is 2.73 bits per heavy atom. The lowest BCUT2D eigenvalue weighted by molar-refractivity contribution is -0.137. The van der Waals surface area contributed by atoms with Crippen molar-refractivity contribution in [3.8, 4) is 5.75 Å². The van der Waals surface area contributed by atoms with E-state index >= 15 is 0 Å². The molecule has 1 atom stereocenters. The average molecular weight is 317 g/mol. The van der Waals surface area contributed by atoms with Gasteiger partial charge in [-0.05, 0) is 48.4 Å². The van der Waals surface area contributed by atoms with Crippen LogP contribution in [0.3, 0.4) is 0 Å². The third-order valence-corrected chi connectivity index (χ3v) is 4.01. The zero-order valence-electron chi connectivity index (χ0n) is 12.9. The lowest BCUT2D eigenvalue weighted by atomic mass is 10.1. The van der Waals surface area contributed by atoms with Crippen molar-refractivity contribution in [2.75, 3.05) is 7.05 Å². The highest BCUT2D eigenvalue weighted by atomic mass is 32.1. The van der Waals surface area contributed by atoms with E-state index in [2.05, 4.69) is 0 Å². The molecular formula is C17H19NO3S. The monoisotopic (exact) mass is 317 g/mol. The molecule has 0 aliphatic carbocycles. The summed E-state index contributed by atoms with van der Waals surface area (Å²) in [7, 11) is 1.76. The van der Waals surface area contributed by atoms with Crippen LogP contribution in [0.15, 0.2) is 41.1 Å². The van der Waals surface area contributed by atoms with Crippen LogP contribution in [0.1, 0.15) is 29.8 Å². The largest absolute Gasteiger partial charge is 0.481 e. The number of hydrogen-bond donors (Lipinski definition) is 0. The molecule has 2 aromatic rings. The van der Waals surface area contributed by atoms with Crippen molar-refractivity contribution in [3.63, 3.8) is 0 Å². The van der Waals surface area contributed by atoms with E-state index in [1.54, 1.807) is 54.5 Å². The van der Waals surface area contributed by atoms with Gasteiger partial charge in [-0.25, -0.2) is 0 Å². The van der Waals surface area contributed by atoms with Crippen molar-refractivity contribution in [1.82, 2.24) is 4.90 Å². The Hall–Kier alpha value is -2.14. The number of rotatable bonds is 6. The lowest BCUT2D eigenvalue weighted by Gasteiger charge is -2.22. The Balaban J connectivity index is 1.98. The second-order valence-electron chi connectivity index (χ2n) is 5.17. The van der Waals surface area contributed by atoms with Gasteiger partial charge in [0.25, 0.3) is 5.91 Å². The molecule has 0 radical (unpaired) electrons. The number of ether oxygens (including phenoxy) is 1. The predicted octanol–water partition coefficient (Wildman–Crippen LogP) is 3.38. The Bertz CT molecular complexity index is 652. The van der Waals surface area contributed by atoms with Gasteiger partial charge in [-0.1, -0.05) is 12.1 Å². The molecule has 0 aliphatic heterocycles. The van der Waals surface area contributed by atoms with Crippen LogP contribution in [0.25, 0.3) is 0 Å². The van der Waals surface area contributed by atoms with E-state index in [1.165, 1.54) is 6.92 Å². The fourth-order valence-corrected chi connectivity index (χ4v) is 2.75. The number of hydrogen-bond acceptors (Lipinski definition) is 4. The number of Topliss-reactive ketones (excluding diaryl/α,β-unsaturated/α-hetero) is 1. The van der Waals surface area contributed by atoms with Crippen LogP contribution in [-0.2, 0) is 11.3 Å². The van der Waals surface area contributed by atoms with Crippen molar-refractivity contribution < 1.29 is 14.3 Å². The first-order valence-corrected chi connectivity index (χ1v) is 7.95. The number of carbonyl (C=O) groups excluding carboxylic acids is 2. The molecule has 5 heteroatoms. The van der Waals surface area contributed by atoms with Crippen LogP contribution in [0.2, 0.25) is 0 Å². The van der Waals surface area contributed by atoms with Gasteiger partial charge in [0, 0.05) is 19.2 Å².